The molecular weight excluding hydrogens is 244 g/mol. The highest BCUT2D eigenvalue weighted by Crippen LogP contribution is 2.33. The lowest BCUT2D eigenvalue weighted by molar-refractivity contribution is 0.709. The number of rotatable bonds is 1. The van der Waals surface area contributed by atoms with Gasteiger partial charge in [0.15, 0.2) is 0 Å². The van der Waals surface area contributed by atoms with Gasteiger partial charge in [0.2, 0.25) is 0 Å². The van der Waals surface area contributed by atoms with Crippen LogP contribution in [0.3, 0.4) is 0 Å². The van der Waals surface area contributed by atoms with Crippen molar-refractivity contribution in [3.05, 3.63) is 34.5 Å². The van der Waals surface area contributed by atoms with E-state index in [1.807, 2.05) is 25.2 Å². The van der Waals surface area contributed by atoms with E-state index in [4.69, 9.17) is 16.6 Å². The molecule has 94 valence electrons. The maximum atomic E-state index is 6.11. The lowest BCUT2D eigenvalue weighted by atomic mass is 10.0. The lowest BCUT2D eigenvalue weighted by Crippen LogP contribution is -2.03. The molecule has 1 aromatic heterocycles. The molecule has 0 amide bonds. The molecule has 3 heteroatoms. The molecule has 0 saturated heterocycles. The van der Waals surface area contributed by atoms with Gasteiger partial charge in [-0.3, -0.25) is 4.98 Å². The topological polar surface area (TPSA) is 24.9 Å². The van der Waals surface area contributed by atoms with Crippen LogP contribution in [0.15, 0.2) is 18.2 Å². The Morgan fingerprint density at radius 3 is 2.83 bits per heavy atom. The molecule has 0 aliphatic heterocycles. The van der Waals surface area contributed by atoms with Crippen molar-refractivity contribution in [2.75, 3.05) is 12.4 Å². The number of halogens is 1. The highest BCUT2D eigenvalue weighted by molar-refractivity contribution is 6.31. The van der Waals surface area contributed by atoms with Crippen molar-refractivity contribution >= 4 is 28.2 Å². The zero-order valence-corrected chi connectivity index (χ0v) is 11.3. The number of aromatic nitrogens is 1. The van der Waals surface area contributed by atoms with Gasteiger partial charge in [0.25, 0.3) is 0 Å². The molecule has 1 N–H and O–H groups in total. The van der Waals surface area contributed by atoms with Crippen LogP contribution in [-0.4, -0.2) is 12.0 Å². The number of benzene rings is 1. The van der Waals surface area contributed by atoms with E-state index in [0.29, 0.717) is 0 Å². The second kappa shape index (κ2) is 4.77. The van der Waals surface area contributed by atoms with Crippen LogP contribution in [0.4, 0.5) is 5.69 Å². The summed E-state index contributed by atoms with van der Waals surface area (Å²) in [6.07, 6.45) is 6.04. The zero-order chi connectivity index (χ0) is 12.5. The third-order valence-electron chi connectivity index (χ3n) is 3.72. The van der Waals surface area contributed by atoms with Gasteiger partial charge < -0.3 is 5.32 Å². The standard InChI is InChI=1S/C15H17ClN2/c1-17-15-11-5-3-2-4-6-13(11)18-14-8-7-10(16)9-12(14)15/h7-9H,2-6H2,1H3,(H,17,18). The molecule has 1 heterocycles. The fraction of sp³-hybridized carbons (Fsp3) is 0.400. The third kappa shape index (κ3) is 1.95. The van der Waals surface area contributed by atoms with Crippen LogP contribution in [-0.2, 0) is 12.8 Å². The molecule has 0 fully saturated rings. The summed E-state index contributed by atoms with van der Waals surface area (Å²) in [5.74, 6) is 0. The minimum Gasteiger partial charge on any atom is -0.387 e. The summed E-state index contributed by atoms with van der Waals surface area (Å²) >= 11 is 6.11. The van der Waals surface area contributed by atoms with Crippen LogP contribution in [0, 0.1) is 0 Å². The second-order valence-electron chi connectivity index (χ2n) is 4.88. The lowest BCUT2D eigenvalue weighted by Gasteiger charge is -2.15. The number of pyridine rings is 1. The van der Waals surface area contributed by atoms with E-state index in [9.17, 15) is 0 Å². The fourth-order valence-electron chi connectivity index (χ4n) is 2.86. The van der Waals surface area contributed by atoms with Crippen molar-refractivity contribution in [2.24, 2.45) is 0 Å². The highest BCUT2D eigenvalue weighted by atomic mass is 35.5. The van der Waals surface area contributed by atoms with Crippen molar-refractivity contribution in [3.8, 4) is 0 Å². The normalized spacial score (nSPS) is 15.2. The van der Waals surface area contributed by atoms with E-state index in [2.05, 4.69) is 5.32 Å². The molecule has 0 bridgehead atoms. The van der Waals surface area contributed by atoms with E-state index >= 15 is 0 Å². The average molecular weight is 261 g/mol. The van der Waals surface area contributed by atoms with Crippen molar-refractivity contribution < 1.29 is 0 Å². The molecule has 0 unspecified atom stereocenters. The van der Waals surface area contributed by atoms with Crippen LogP contribution >= 0.6 is 11.6 Å². The maximum Gasteiger partial charge on any atom is 0.0727 e. The number of anilines is 1. The Morgan fingerprint density at radius 1 is 1.17 bits per heavy atom. The van der Waals surface area contributed by atoms with Crippen molar-refractivity contribution in [2.45, 2.75) is 32.1 Å². The molecule has 2 aromatic rings. The van der Waals surface area contributed by atoms with Gasteiger partial charge in [-0.2, -0.15) is 0 Å². The molecule has 0 atom stereocenters. The Balaban J connectivity index is 2.31. The Morgan fingerprint density at radius 2 is 2.00 bits per heavy atom. The molecule has 0 spiro atoms. The maximum absolute atomic E-state index is 6.11. The minimum absolute atomic E-state index is 0.773. The van der Waals surface area contributed by atoms with Gasteiger partial charge in [-0.25, -0.2) is 0 Å². The number of fused-ring (bicyclic) bond motifs is 2. The van der Waals surface area contributed by atoms with E-state index in [1.165, 1.54) is 36.2 Å². The van der Waals surface area contributed by atoms with Crippen LogP contribution in [0.1, 0.15) is 30.5 Å². The molecule has 0 saturated carbocycles. The van der Waals surface area contributed by atoms with E-state index in [-0.39, 0.29) is 0 Å². The number of hydrogen-bond donors (Lipinski definition) is 1. The Kier molecular flexibility index (Phi) is 3.13. The van der Waals surface area contributed by atoms with Gasteiger partial charge in [0, 0.05) is 28.8 Å². The number of hydrogen-bond acceptors (Lipinski definition) is 2. The first kappa shape index (κ1) is 11.8. The van der Waals surface area contributed by atoms with Crippen molar-refractivity contribution in [1.82, 2.24) is 4.98 Å². The highest BCUT2D eigenvalue weighted by Gasteiger charge is 2.16. The fourth-order valence-corrected chi connectivity index (χ4v) is 3.03. The summed E-state index contributed by atoms with van der Waals surface area (Å²) in [6.45, 7) is 0. The van der Waals surface area contributed by atoms with Gasteiger partial charge in [-0.15, -0.1) is 0 Å². The first-order chi connectivity index (χ1) is 8.79. The molecule has 1 aliphatic carbocycles. The van der Waals surface area contributed by atoms with Crippen LogP contribution in [0.5, 0.6) is 0 Å². The summed E-state index contributed by atoms with van der Waals surface area (Å²) < 4.78 is 0. The molecule has 0 radical (unpaired) electrons. The van der Waals surface area contributed by atoms with Gasteiger partial charge >= 0.3 is 0 Å². The van der Waals surface area contributed by atoms with Gasteiger partial charge in [0.1, 0.15) is 0 Å². The SMILES string of the molecule is CNc1c2c(nc3ccc(Cl)cc13)CCCCC2. The van der Waals surface area contributed by atoms with Crippen LogP contribution < -0.4 is 5.32 Å². The van der Waals surface area contributed by atoms with Gasteiger partial charge in [-0.1, -0.05) is 18.0 Å². The summed E-state index contributed by atoms with van der Waals surface area (Å²) in [5, 5.41) is 5.27. The van der Waals surface area contributed by atoms with E-state index in [0.717, 1.165) is 28.8 Å². The summed E-state index contributed by atoms with van der Waals surface area (Å²) in [4.78, 5) is 4.83. The van der Waals surface area contributed by atoms with Crippen LogP contribution in [0.2, 0.25) is 5.02 Å². The predicted octanol–water partition coefficient (Wildman–Crippen LogP) is 4.20. The van der Waals surface area contributed by atoms with Crippen LogP contribution in [0.25, 0.3) is 10.9 Å². The third-order valence-corrected chi connectivity index (χ3v) is 3.96. The number of nitrogens with zero attached hydrogens (tertiary/aromatic N) is 1. The Hall–Kier alpha value is -1.28. The van der Waals surface area contributed by atoms with Gasteiger partial charge in [-0.05, 0) is 49.4 Å². The molecule has 3 rings (SSSR count). The number of nitrogens with one attached hydrogen (secondary N) is 1. The van der Waals surface area contributed by atoms with Crippen molar-refractivity contribution in [3.63, 3.8) is 0 Å². The van der Waals surface area contributed by atoms with E-state index in [1.54, 1.807) is 0 Å². The summed E-state index contributed by atoms with van der Waals surface area (Å²) in [5.41, 5.74) is 4.93. The zero-order valence-electron chi connectivity index (χ0n) is 10.6. The smallest absolute Gasteiger partial charge is 0.0727 e. The Labute approximate surface area is 112 Å². The second-order valence-corrected chi connectivity index (χ2v) is 5.32. The van der Waals surface area contributed by atoms with Gasteiger partial charge in [0.05, 0.1) is 5.52 Å². The monoisotopic (exact) mass is 260 g/mol. The molecule has 2 nitrogen and oxygen atoms in total. The summed E-state index contributed by atoms with van der Waals surface area (Å²) in [7, 11) is 1.99. The predicted molar refractivity (Wildman–Crippen MR) is 77.6 cm³/mol. The molecule has 18 heavy (non-hydrogen) atoms. The Bertz CT molecular complexity index is 593. The average Bonchev–Trinajstić information content (AvgIpc) is 2.61. The minimum atomic E-state index is 0.773. The summed E-state index contributed by atoms with van der Waals surface area (Å²) in [6, 6.07) is 5.95. The molecule has 1 aromatic carbocycles. The first-order valence-corrected chi connectivity index (χ1v) is 6.96. The molecular formula is C15H17ClN2. The number of aryl methyl sites for hydroxylation is 1. The molecule has 1 aliphatic rings. The quantitative estimate of drug-likeness (QED) is 0.778. The van der Waals surface area contributed by atoms with E-state index < -0.39 is 0 Å². The van der Waals surface area contributed by atoms with Crippen molar-refractivity contribution in [1.29, 1.82) is 0 Å². The largest absolute Gasteiger partial charge is 0.387 e. The first-order valence-electron chi connectivity index (χ1n) is 6.58.